The molecule has 1 aliphatic rings. The van der Waals surface area contributed by atoms with Crippen molar-refractivity contribution in [1.29, 1.82) is 5.26 Å². The van der Waals surface area contributed by atoms with Gasteiger partial charge in [0.2, 0.25) is 0 Å². The zero-order valence-corrected chi connectivity index (χ0v) is 25.0. The minimum atomic E-state index is -0.895. The summed E-state index contributed by atoms with van der Waals surface area (Å²) in [6.45, 7) is 2.06. The van der Waals surface area contributed by atoms with E-state index in [9.17, 15) is 19.2 Å². The molecule has 0 radical (unpaired) electrons. The zero-order chi connectivity index (χ0) is 31.3. The number of hydrogen-bond acceptors (Lipinski definition) is 7. The maximum Gasteiger partial charge on any atom is 0.338 e. The van der Waals surface area contributed by atoms with E-state index in [1.807, 2.05) is 60.7 Å². The highest BCUT2D eigenvalue weighted by atomic mass is 32.1. The van der Waals surface area contributed by atoms with Crippen LogP contribution in [0.1, 0.15) is 40.8 Å². The number of ether oxygens (including phenoxy) is 2. The molecule has 4 aromatic carbocycles. The Kier molecular flexibility index (Phi) is 8.49. The Morgan fingerprint density at radius 2 is 1.78 bits per heavy atom. The van der Waals surface area contributed by atoms with E-state index in [0.29, 0.717) is 37.5 Å². The number of hydrogen-bond donors (Lipinski definition) is 0. The third-order valence-corrected chi connectivity index (χ3v) is 8.23. The topological polar surface area (TPSA) is 93.7 Å². The van der Waals surface area contributed by atoms with Gasteiger partial charge < -0.3 is 9.47 Å². The Bertz CT molecular complexity index is 2150. The Labute approximate surface area is 262 Å². The van der Waals surface area contributed by atoms with Crippen LogP contribution in [0.4, 0.5) is 4.39 Å². The lowest BCUT2D eigenvalue weighted by molar-refractivity contribution is -0.138. The third kappa shape index (κ3) is 6.09. The van der Waals surface area contributed by atoms with Gasteiger partial charge in [0, 0.05) is 11.1 Å². The van der Waals surface area contributed by atoms with Crippen LogP contribution in [0, 0.1) is 17.1 Å². The van der Waals surface area contributed by atoms with Gasteiger partial charge in [-0.25, -0.2) is 14.2 Å². The first kappa shape index (κ1) is 29.5. The summed E-state index contributed by atoms with van der Waals surface area (Å²) in [5, 5.41) is 9.38. The maximum atomic E-state index is 14.1. The lowest BCUT2D eigenvalue weighted by Crippen LogP contribution is -2.40. The van der Waals surface area contributed by atoms with Crippen molar-refractivity contribution in [2.24, 2.45) is 4.99 Å². The number of carbonyl (C=O) groups excluding carboxylic acids is 1. The van der Waals surface area contributed by atoms with Gasteiger partial charge in [0.1, 0.15) is 18.2 Å². The molecule has 1 aliphatic heterocycles. The number of thiazole rings is 1. The van der Waals surface area contributed by atoms with Gasteiger partial charge in [-0.05, 0) is 54.5 Å². The summed E-state index contributed by atoms with van der Waals surface area (Å²) in [6, 6.07) is 30.8. The monoisotopic (exact) mass is 615 g/mol. The summed E-state index contributed by atoms with van der Waals surface area (Å²) < 4.78 is 27.3. The number of benzene rings is 4. The van der Waals surface area contributed by atoms with Gasteiger partial charge in [-0.2, -0.15) is 5.26 Å². The largest absolute Gasteiger partial charge is 0.489 e. The van der Waals surface area contributed by atoms with Crippen LogP contribution in [-0.4, -0.2) is 17.1 Å². The fourth-order valence-electron chi connectivity index (χ4n) is 5.16. The van der Waals surface area contributed by atoms with Crippen molar-refractivity contribution in [2.75, 3.05) is 6.61 Å². The molecule has 0 fully saturated rings. The van der Waals surface area contributed by atoms with Crippen LogP contribution in [0.5, 0.6) is 5.75 Å². The van der Waals surface area contributed by atoms with Crippen LogP contribution < -0.4 is 19.6 Å². The Balaban J connectivity index is 1.47. The molecular weight excluding hydrogens is 589 g/mol. The number of esters is 1. The van der Waals surface area contributed by atoms with Gasteiger partial charge in [0.15, 0.2) is 4.80 Å². The fraction of sp³-hybridized carbons (Fsp3) is 0.111. The normalized spacial score (nSPS) is 14.3. The summed E-state index contributed by atoms with van der Waals surface area (Å²) in [5.41, 5.74) is 3.50. The van der Waals surface area contributed by atoms with E-state index >= 15 is 0 Å². The molecule has 7 nitrogen and oxygen atoms in total. The first-order chi connectivity index (χ1) is 22.0. The standard InChI is InChI=1S/C36H26FN3O4S/c1-2-43-35(42)31-32(24-10-4-3-5-11-24)39-36-40(33(31)25-15-17-28(37)18-16-25)34(41)30(45-36)20-23-9-8-14-29(19-23)44-22-27-13-7-6-12-26(27)21-38/h3-20,33H,2,22H2,1H3/b30-20-/t33-/m1/s1. The number of nitriles is 1. The Hall–Kier alpha value is -5.59. The number of fused-ring (bicyclic) bond motifs is 1. The summed E-state index contributed by atoms with van der Waals surface area (Å²) in [7, 11) is 0. The quantitative estimate of drug-likeness (QED) is 0.214. The van der Waals surface area contributed by atoms with E-state index in [4.69, 9.17) is 14.5 Å². The van der Waals surface area contributed by atoms with E-state index in [1.165, 1.54) is 28.0 Å². The highest BCUT2D eigenvalue weighted by Gasteiger charge is 2.35. The average Bonchev–Trinajstić information content (AvgIpc) is 3.38. The molecule has 0 bridgehead atoms. The molecule has 0 unspecified atom stereocenters. The van der Waals surface area contributed by atoms with Gasteiger partial charge in [-0.1, -0.05) is 84.1 Å². The van der Waals surface area contributed by atoms with Crippen LogP contribution in [0.2, 0.25) is 0 Å². The SMILES string of the molecule is CCOC(=O)C1=C(c2ccccc2)N=c2s/c(=C\c3cccc(OCc4ccccc4C#N)c3)c(=O)n2[C@@H]1c1ccc(F)cc1. The van der Waals surface area contributed by atoms with Crippen molar-refractivity contribution in [1.82, 2.24) is 4.57 Å². The second-order valence-corrected chi connectivity index (χ2v) is 11.1. The predicted molar refractivity (Wildman–Crippen MR) is 169 cm³/mol. The number of nitrogens with zero attached hydrogens (tertiary/aromatic N) is 3. The van der Waals surface area contributed by atoms with Crippen molar-refractivity contribution in [3.05, 3.63) is 162 Å². The van der Waals surface area contributed by atoms with Crippen molar-refractivity contribution in [3.63, 3.8) is 0 Å². The number of halogens is 1. The van der Waals surface area contributed by atoms with Gasteiger partial charge in [0.05, 0.1) is 40.1 Å². The Morgan fingerprint density at radius 1 is 1.02 bits per heavy atom. The summed E-state index contributed by atoms with van der Waals surface area (Å²) in [4.78, 5) is 32.8. The summed E-state index contributed by atoms with van der Waals surface area (Å²) in [5.74, 6) is -0.467. The molecule has 6 rings (SSSR count). The van der Waals surface area contributed by atoms with Crippen LogP contribution >= 0.6 is 11.3 Å². The molecule has 45 heavy (non-hydrogen) atoms. The lowest BCUT2D eigenvalue weighted by Gasteiger charge is -2.25. The minimum Gasteiger partial charge on any atom is -0.489 e. The fourth-order valence-corrected chi connectivity index (χ4v) is 6.16. The highest BCUT2D eigenvalue weighted by molar-refractivity contribution is 7.07. The van der Waals surface area contributed by atoms with Crippen molar-refractivity contribution in [3.8, 4) is 11.8 Å². The third-order valence-electron chi connectivity index (χ3n) is 7.25. The van der Waals surface area contributed by atoms with Crippen LogP contribution in [0.3, 0.4) is 0 Å². The molecule has 2 heterocycles. The molecule has 222 valence electrons. The van der Waals surface area contributed by atoms with Crippen molar-refractivity contribution < 1.29 is 18.7 Å². The van der Waals surface area contributed by atoms with Gasteiger partial charge in [-0.15, -0.1) is 0 Å². The molecule has 0 spiro atoms. The molecule has 1 aromatic heterocycles. The van der Waals surface area contributed by atoms with Crippen molar-refractivity contribution in [2.45, 2.75) is 19.6 Å². The number of carbonyl (C=O) groups is 1. The number of aromatic nitrogens is 1. The smallest absolute Gasteiger partial charge is 0.338 e. The lowest BCUT2D eigenvalue weighted by atomic mass is 9.93. The molecule has 1 atom stereocenters. The van der Waals surface area contributed by atoms with Crippen molar-refractivity contribution >= 4 is 29.1 Å². The predicted octanol–water partition coefficient (Wildman–Crippen LogP) is 5.53. The molecule has 0 saturated carbocycles. The zero-order valence-electron chi connectivity index (χ0n) is 24.1. The van der Waals surface area contributed by atoms with Crippen LogP contribution in [-0.2, 0) is 16.1 Å². The first-order valence-corrected chi connectivity index (χ1v) is 15.0. The molecule has 0 amide bonds. The molecule has 5 aromatic rings. The van der Waals surface area contributed by atoms with E-state index < -0.39 is 17.8 Å². The molecule has 0 aliphatic carbocycles. The van der Waals surface area contributed by atoms with Gasteiger partial charge in [0.25, 0.3) is 5.56 Å². The summed E-state index contributed by atoms with van der Waals surface area (Å²) >= 11 is 1.20. The summed E-state index contributed by atoms with van der Waals surface area (Å²) in [6.07, 6.45) is 1.75. The molecule has 9 heteroatoms. The van der Waals surface area contributed by atoms with E-state index in [-0.39, 0.29) is 24.3 Å². The Morgan fingerprint density at radius 3 is 2.53 bits per heavy atom. The first-order valence-electron chi connectivity index (χ1n) is 14.2. The second kappa shape index (κ2) is 13.0. The van der Waals surface area contributed by atoms with Crippen LogP contribution in [0.15, 0.2) is 118 Å². The minimum absolute atomic E-state index is 0.130. The van der Waals surface area contributed by atoms with Gasteiger partial charge in [-0.3, -0.25) is 9.36 Å². The average molecular weight is 616 g/mol. The molecule has 0 N–H and O–H groups in total. The van der Waals surface area contributed by atoms with E-state index in [2.05, 4.69) is 6.07 Å². The molecular formula is C36H26FN3O4S. The van der Waals surface area contributed by atoms with Gasteiger partial charge >= 0.3 is 5.97 Å². The molecule has 0 saturated heterocycles. The highest BCUT2D eigenvalue weighted by Crippen LogP contribution is 2.35. The van der Waals surface area contributed by atoms with E-state index in [0.717, 1.165) is 11.1 Å². The number of rotatable bonds is 8. The van der Waals surface area contributed by atoms with Crippen LogP contribution in [0.25, 0.3) is 11.8 Å². The van der Waals surface area contributed by atoms with E-state index in [1.54, 1.807) is 43.3 Å². The maximum absolute atomic E-state index is 14.1. The second-order valence-electron chi connectivity index (χ2n) is 10.1.